The van der Waals surface area contributed by atoms with Crippen LogP contribution in [0.25, 0.3) is 0 Å². The van der Waals surface area contributed by atoms with Gasteiger partial charge in [0.1, 0.15) is 4.90 Å². The van der Waals surface area contributed by atoms with E-state index in [0.717, 1.165) is 12.8 Å². The zero-order valence-corrected chi connectivity index (χ0v) is 13.2. The predicted molar refractivity (Wildman–Crippen MR) is 75.3 cm³/mol. The van der Waals surface area contributed by atoms with Crippen molar-refractivity contribution in [1.82, 2.24) is 9.29 Å². The van der Waals surface area contributed by atoms with Gasteiger partial charge in [0.2, 0.25) is 10.0 Å². The number of ether oxygens (including phenoxy) is 1. The molecule has 5 nitrogen and oxygen atoms in total. The molecule has 1 aromatic heterocycles. The molecule has 106 valence electrons. The second-order valence-corrected chi connectivity index (χ2v) is 7.28. The maximum Gasteiger partial charge on any atom is 0.244 e. The van der Waals surface area contributed by atoms with Crippen LogP contribution in [0.2, 0.25) is 0 Å². The molecule has 19 heavy (non-hydrogen) atoms. The minimum Gasteiger partial charge on any atom is -0.377 e. The van der Waals surface area contributed by atoms with Crippen molar-refractivity contribution in [3.05, 3.63) is 22.9 Å². The summed E-state index contributed by atoms with van der Waals surface area (Å²) in [6, 6.07) is 1.58. The van der Waals surface area contributed by atoms with E-state index >= 15 is 0 Å². The third-order valence-corrected chi connectivity index (χ3v) is 5.32. The fourth-order valence-corrected chi connectivity index (χ4v) is 4.19. The maximum atomic E-state index is 12.5. The van der Waals surface area contributed by atoms with Crippen molar-refractivity contribution in [1.29, 1.82) is 0 Å². The Hall–Kier alpha value is -0.500. The van der Waals surface area contributed by atoms with E-state index in [9.17, 15) is 8.42 Å². The molecule has 0 spiro atoms. The van der Waals surface area contributed by atoms with E-state index < -0.39 is 10.0 Å². The SMILES string of the molecule is CCO[C@H]1CCCN(S(=O)(=O)c2cncc(Br)c2)C1. The summed E-state index contributed by atoms with van der Waals surface area (Å²) in [5, 5.41) is 0. The van der Waals surface area contributed by atoms with Gasteiger partial charge in [-0.05, 0) is 41.8 Å². The van der Waals surface area contributed by atoms with Crippen molar-refractivity contribution in [2.75, 3.05) is 19.7 Å². The first-order valence-corrected chi connectivity index (χ1v) is 8.49. The summed E-state index contributed by atoms with van der Waals surface area (Å²) >= 11 is 3.25. The van der Waals surface area contributed by atoms with Gasteiger partial charge in [-0.3, -0.25) is 4.98 Å². The summed E-state index contributed by atoms with van der Waals surface area (Å²) in [5.74, 6) is 0. The highest BCUT2D eigenvalue weighted by molar-refractivity contribution is 9.10. The number of piperidine rings is 1. The van der Waals surface area contributed by atoms with Crippen molar-refractivity contribution in [2.45, 2.75) is 30.8 Å². The molecule has 2 rings (SSSR count). The summed E-state index contributed by atoms with van der Waals surface area (Å²) < 4.78 is 32.7. The highest BCUT2D eigenvalue weighted by atomic mass is 79.9. The highest BCUT2D eigenvalue weighted by Gasteiger charge is 2.30. The van der Waals surface area contributed by atoms with Crippen LogP contribution in [-0.4, -0.2) is 43.5 Å². The molecule has 0 aliphatic carbocycles. The van der Waals surface area contributed by atoms with Crippen LogP contribution in [0.1, 0.15) is 19.8 Å². The minimum atomic E-state index is -3.47. The summed E-state index contributed by atoms with van der Waals surface area (Å²) in [6.45, 7) is 3.49. The summed E-state index contributed by atoms with van der Waals surface area (Å²) in [6.07, 6.45) is 4.68. The van der Waals surface area contributed by atoms with E-state index in [2.05, 4.69) is 20.9 Å². The molecule has 1 atom stereocenters. The lowest BCUT2D eigenvalue weighted by Crippen LogP contribution is -2.43. The first-order valence-electron chi connectivity index (χ1n) is 6.26. The Morgan fingerprint density at radius 3 is 3.00 bits per heavy atom. The van der Waals surface area contributed by atoms with Crippen LogP contribution in [0.5, 0.6) is 0 Å². The lowest BCUT2D eigenvalue weighted by molar-refractivity contribution is 0.0265. The Kier molecular flexibility index (Phi) is 4.94. The molecule has 1 fully saturated rings. The van der Waals surface area contributed by atoms with Gasteiger partial charge >= 0.3 is 0 Å². The first-order chi connectivity index (χ1) is 9.04. The second kappa shape index (κ2) is 6.30. The summed E-state index contributed by atoms with van der Waals surface area (Å²) in [7, 11) is -3.47. The van der Waals surface area contributed by atoms with Gasteiger partial charge in [0.15, 0.2) is 0 Å². The Morgan fingerprint density at radius 1 is 1.53 bits per heavy atom. The zero-order valence-electron chi connectivity index (χ0n) is 10.8. The van der Waals surface area contributed by atoms with Gasteiger partial charge in [-0.25, -0.2) is 8.42 Å². The number of aromatic nitrogens is 1. The van der Waals surface area contributed by atoms with Crippen LogP contribution in [0.4, 0.5) is 0 Å². The number of rotatable bonds is 4. The van der Waals surface area contributed by atoms with Crippen molar-refractivity contribution in [2.24, 2.45) is 0 Å². The average molecular weight is 349 g/mol. The van der Waals surface area contributed by atoms with E-state index in [1.807, 2.05) is 6.92 Å². The Labute approximate surface area is 122 Å². The van der Waals surface area contributed by atoms with Gasteiger partial charge in [-0.15, -0.1) is 0 Å². The molecular formula is C12H17BrN2O3S. The molecular weight excluding hydrogens is 332 g/mol. The monoisotopic (exact) mass is 348 g/mol. The molecule has 0 aromatic carbocycles. The third kappa shape index (κ3) is 3.53. The number of pyridine rings is 1. The number of hydrogen-bond acceptors (Lipinski definition) is 4. The van der Waals surface area contributed by atoms with Crippen molar-refractivity contribution >= 4 is 26.0 Å². The van der Waals surface area contributed by atoms with Gasteiger partial charge in [0.05, 0.1) is 6.10 Å². The Balaban J connectivity index is 2.19. The largest absolute Gasteiger partial charge is 0.377 e. The average Bonchev–Trinajstić information content (AvgIpc) is 2.39. The fraction of sp³-hybridized carbons (Fsp3) is 0.583. The molecule has 0 N–H and O–H groups in total. The standard InChI is InChI=1S/C12H17BrN2O3S/c1-2-18-11-4-3-5-15(9-11)19(16,17)12-6-10(13)7-14-8-12/h6-8,11H,2-5,9H2,1H3/t11-/m0/s1. The fourth-order valence-electron chi connectivity index (χ4n) is 2.18. The molecule has 1 saturated heterocycles. The number of sulfonamides is 1. The first kappa shape index (κ1) is 14.9. The summed E-state index contributed by atoms with van der Waals surface area (Å²) in [4.78, 5) is 4.14. The van der Waals surface area contributed by atoms with Gasteiger partial charge in [0, 0.05) is 36.6 Å². The normalized spacial score (nSPS) is 21.5. The van der Waals surface area contributed by atoms with Gasteiger partial charge in [-0.2, -0.15) is 4.31 Å². The predicted octanol–water partition coefficient (Wildman–Crippen LogP) is 2.03. The molecule has 1 aliphatic heterocycles. The minimum absolute atomic E-state index is 0.00589. The van der Waals surface area contributed by atoms with E-state index in [0.29, 0.717) is 24.2 Å². The second-order valence-electron chi connectivity index (χ2n) is 4.42. The van der Waals surface area contributed by atoms with E-state index in [1.54, 1.807) is 12.3 Å². The van der Waals surface area contributed by atoms with Crippen molar-refractivity contribution in [3.8, 4) is 0 Å². The molecule has 0 amide bonds. The Morgan fingerprint density at radius 2 is 2.32 bits per heavy atom. The smallest absolute Gasteiger partial charge is 0.244 e. The molecule has 0 radical (unpaired) electrons. The van der Waals surface area contributed by atoms with Gasteiger partial charge in [0.25, 0.3) is 0 Å². The zero-order chi connectivity index (χ0) is 13.9. The van der Waals surface area contributed by atoms with Crippen LogP contribution < -0.4 is 0 Å². The van der Waals surface area contributed by atoms with E-state index in [4.69, 9.17) is 4.74 Å². The topological polar surface area (TPSA) is 59.5 Å². The molecule has 0 unspecified atom stereocenters. The van der Waals surface area contributed by atoms with Crippen LogP contribution in [0.3, 0.4) is 0 Å². The molecule has 0 bridgehead atoms. The molecule has 2 heterocycles. The number of nitrogens with zero attached hydrogens (tertiary/aromatic N) is 2. The Bertz CT molecular complexity index is 534. The lowest BCUT2D eigenvalue weighted by Gasteiger charge is -2.31. The van der Waals surface area contributed by atoms with Crippen LogP contribution in [0.15, 0.2) is 27.8 Å². The maximum absolute atomic E-state index is 12.5. The highest BCUT2D eigenvalue weighted by Crippen LogP contribution is 2.23. The number of halogens is 1. The van der Waals surface area contributed by atoms with Crippen LogP contribution >= 0.6 is 15.9 Å². The lowest BCUT2D eigenvalue weighted by atomic mass is 10.1. The molecule has 0 saturated carbocycles. The van der Waals surface area contributed by atoms with E-state index in [1.165, 1.54) is 10.5 Å². The van der Waals surface area contributed by atoms with E-state index in [-0.39, 0.29) is 11.0 Å². The van der Waals surface area contributed by atoms with Gasteiger partial charge in [-0.1, -0.05) is 0 Å². The quantitative estimate of drug-likeness (QED) is 0.835. The third-order valence-electron chi connectivity index (χ3n) is 3.06. The molecule has 7 heteroatoms. The summed E-state index contributed by atoms with van der Waals surface area (Å²) in [5.41, 5.74) is 0. The molecule has 1 aromatic rings. The number of hydrogen-bond donors (Lipinski definition) is 0. The van der Waals surface area contributed by atoms with Crippen molar-refractivity contribution in [3.63, 3.8) is 0 Å². The van der Waals surface area contributed by atoms with Crippen LogP contribution in [-0.2, 0) is 14.8 Å². The molecule has 1 aliphatic rings. The van der Waals surface area contributed by atoms with Crippen molar-refractivity contribution < 1.29 is 13.2 Å². The van der Waals surface area contributed by atoms with Crippen LogP contribution in [0, 0.1) is 0 Å². The van der Waals surface area contributed by atoms with Gasteiger partial charge < -0.3 is 4.74 Å².